The number of cyclic esters (lactones) is 1. The summed E-state index contributed by atoms with van der Waals surface area (Å²) in [6, 6.07) is -0.583. The summed E-state index contributed by atoms with van der Waals surface area (Å²) in [4.78, 5) is 21.0. The molecule has 11 heavy (non-hydrogen) atoms. The minimum atomic E-state index is -1.19. The number of aliphatic hydroxyl groups excluding tert-OH is 1. The lowest BCUT2D eigenvalue weighted by Crippen LogP contribution is -2.38. The molecule has 1 aliphatic rings. The molecule has 0 saturated carbocycles. The molecule has 1 heterocycles. The van der Waals surface area contributed by atoms with Crippen molar-refractivity contribution in [3.63, 3.8) is 0 Å². The molecule has 1 unspecified atom stereocenters. The van der Waals surface area contributed by atoms with Gasteiger partial charge in [-0.15, -0.1) is 0 Å². The number of rotatable bonds is 1. The SMILES string of the molecule is CC(=O)N[C@H]1CC(=O)OC1O. The maximum absolute atomic E-state index is 10.5. The highest BCUT2D eigenvalue weighted by Gasteiger charge is 2.33. The number of carbonyl (C=O) groups is 2. The minimum absolute atomic E-state index is 0.0424. The fraction of sp³-hybridized carbons (Fsp3) is 0.667. The standard InChI is InChI=1S/C6H9NO4/c1-3(8)7-4-2-5(9)11-6(4)10/h4,6,10H,2H2,1H3,(H,7,8)/t4-,6?/m0/s1. The molecule has 0 aliphatic carbocycles. The van der Waals surface area contributed by atoms with Crippen LogP contribution in [0.5, 0.6) is 0 Å². The Bertz CT molecular complexity index is 191. The van der Waals surface area contributed by atoms with Gasteiger partial charge in [-0.3, -0.25) is 9.59 Å². The lowest BCUT2D eigenvalue weighted by atomic mass is 10.2. The van der Waals surface area contributed by atoms with Crippen LogP contribution in [0.15, 0.2) is 0 Å². The van der Waals surface area contributed by atoms with E-state index in [1.165, 1.54) is 6.92 Å². The van der Waals surface area contributed by atoms with E-state index in [2.05, 4.69) is 10.1 Å². The first-order valence-electron chi connectivity index (χ1n) is 3.24. The predicted octanol–water partition coefficient (Wildman–Crippen LogP) is -1.24. The van der Waals surface area contributed by atoms with Gasteiger partial charge in [-0.1, -0.05) is 0 Å². The van der Waals surface area contributed by atoms with Crippen molar-refractivity contribution >= 4 is 11.9 Å². The highest BCUT2D eigenvalue weighted by Crippen LogP contribution is 2.11. The molecule has 0 radical (unpaired) electrons. The second-order valence-corrected chi connectivity index (χ2v) is 2.39. The van der Waals surface area contributed by atoms with E-state index in [9.17, 15) is 9.59 Å². The summed E-state index contributed by atoms with van der Waals surface area (Å²) < 4.78 is 4.38. The number of nitrogens with one attached hydrogen (secondary N) is 1. The summed E-state index contributed by atoms with van der Waals surface area (Å²) in [6.45, 7) is 1.31. The first-order valence-corrected chi connectivity index (χ1v) is 3.24. The van der Waals surface area contributed by atoms with Gasteiger partial charge < -0.3 is 15.2 Å². The highest BCUT2D eigenvalue weighted by molar-refractivity contribution is 5.77. The number of hydrogen-bond acceptors (Lipinski definition) is 4. The first-order chi connectivity index (χ1) is 5.09. The maximum atomic E-state index is 10.5. The molecule has 1 saturated heterocycles. The van der Waals surface area contributed by atoms with Crippen LogP contribution in [0.2, 0.25) is 0 Å². The molecule has 5 nitrogen and oxygen atoms in total. The summed E-state index contributed by atoms with van der Waals surface area (Å²) in [7, 11) is 0. The van der Waals surface area contributed by atoms with E-state index in [4.69, 9.17) is 5.11 Å². The number of carbonyl (C=O) groups excluding carboxylic acids is 2. The van der Waals surface area contributed by atoms with Crippen LogP contribution in [0.1, 0.15) is 13.3 Å². The zero-order valence-corrected chi connectivity index (χ0v) is 6.03. The molecule has 62 valence electrons. The fourth-order valence-corrected chi connectivity index (χ4v) is 0.929. The second-order valence-electron chi connectivity index (χ2n) is 2.39. The van der Waals surface area contributed by atoms with Gasteiger partial charge in [-0.2, -0.15) is 0 Å². The molecule has 5 heteroatoms. The van der Waals surface area contributed by atoms with Gasteiger partial charge in [-0.25, -0.2) is 0 Å². The van der Waals surface area contributed by atoms with E-state index in [0.717, 1.165) is 0 Å². The average molecular weight is 159 g/mol. The zero-order valence-electron chi connectivity index (χ0n) is 6.03. The molecule has 0 aromatic heterocycles. The molecular weight excluding hydrogens is 150 g/mol. The van der Waals surface area contributed by atoms with Crippen molar-refractivity contribution in [3.05, 3.63) is 0 Å². The van der Waals surface area contributed by atoms with Crippen LogP contribution in [0.4, 0.5) is 0 Å². The molecule has 0 aromatic rings. The smallest absolute Gasteiger partial charge is 0.310 e. The quantitative estimate of drug-likeness (QED) is 0.469. The maximum Gasteiger partial charge on any atom is 0.310 e. The van der Waals surface area contributed by atoms with Gasteiger partial charge in [0, 0.05) is 6.92 Å². The highest BCUT2D eigenvalue weighted by atomic mass is 16.6. The third-order valence-electron chi connectivity index (χ3n) is 1.37. The minimum Gasteiger partial charge on any atom is -0.434 e. The topological polar surface area (TPSA) is 75.6 Å². The number of amides is 1. The van der Waals surface area contributed by atoms with Crippen LogP contribution in [-0.4, -0.2) is 29.3 Å². The monoisotopic (exact) mass is 159 g/mol. The Hall–Kier alpha value is -1.10. The van der Waals surface area contributed by atoms with E-state index < -0.39 is 18.3 Å². The zero-order chi connectivity index (χ0) is 8.43. The lowest BCUT2D eigenvalue weighted by Gasteiger charge is -2.11. The van der Waals surface area contributed by atoms with Crippen molar-refractivity contribution in [2.24, 2.45) is 0 Å². The van der Waals surface area contributed by atoms with Crippen molar-refractivity contribution in [1.29, 1.82) is 0 Å². The molecule has 0 aromatic carbocycles. The Kier molecular flexibility index (Phi) is 2.09. The van der Waals surface area contributed by atoms with Crippen molar-refractivity contribution in [3.8, 4) is 0 Å². The number of aliphatic hydroxyl groups is 1. The molecule has 0 bridgehead atoms. The third-order valence-corrected chi connectivity index (χ3v) is 1.37. The number of hydrogen-bond donors (Lipinski definition) is 2. The predicted molar refractivity (Wildman–Crippen MR) is 34.3 cm³/mol. The molecule has 0 spiro atoms. The summed E-state index contributed by atoms with van der Waals surface area (Å²) in [5, 5.41) is 11.3. The van der Waals surface area contributed by atoms with Crippen LogP contribution < -0.4 is 5.32 Å². The van der Waals surface area contributed by atoms with Gasteiger partial charge >= 0.3 is 5.97 Å². The van der Waals surface area contributed by atoms with Crippen LogP contribution in [-0.2, 0) is 14.3 Å². The Balaban J connectivity index is 2.46. The van der Waals surface area contributed by atoms with Crippen LogP contribution >= 0.6 is 0 Å². The Morgan fingerprint density at radius 3 is 2.82 bits per heavy atom. The summed E-state index contributed by atoms with van der Waals surface area (Å²) in [5.74, 6) is -0.774. The molecule has 1 amide bonds. The molecule has 1 fully saturated rings. The molecule has 2 atom stereocenters. The van der Waals surface area contributed by atoms with E-state index >= 15 is 0 Å². The van der Waals surface area contributed by atoms with Gasteiger partial charge in [0.1, 0.15) is 6.04 Å². The van der Waals surface area contributed by atoms with Crippen molar-refractivity contribution in [2.75, 3.05) is 0 Å². The van der Waals surface area contributed by atoms with Gasteiger partial charge in [-0.05, 0) is 0 Å². The van der Waals surface area contributed by atoms with Crippen molar-refractivity contribution in [2.45, 2.75) is 25.7 Å². The van der Waals surface area contributed by atoms with Gasteiger partial charge in [0.15, 0.2) is 0 Å². The second kappa shape index (κ2) is 2.87. The average Bonchev–Trinajstić information content (AvgIpc) is 2.09. The van der Waals surface area contributed by atoms with E-state index in [-0.39, 0.29) is 12.3 Å². The largest absolute Gasteiger partial charge is 0.434 e. The molecule has 1 rings (SSSR count). The molecule has 2 N–H and O–H groups in total. The first kappa shape index (κ1) is 8.00. The van der Waals surface area contributed by atoms with E-state index in [0.29, 0.717) is 0 Å². The molecular formula is C6H9NO4. The van der Waals surface area contributed by atoms with Crippen molar-refractivity contribution in [1.82, 2.24) is 5.32 Å². The number of esters is 1. The van der Waals surface area contributed by atoms with E-state index in [1.54, 1.807) is 0 Å². The Morgan fingerprint density at radius 1 is 1.82 bits per heavy atom. The van der Waals surface area contributed by atoms with Gasteiger partial charge in [0.25, 0.3) is 0 Å². The van der Waals surface area contributed by atoms with Crippen LogP contribution in [0.3, 0.4) is 0 Å². The van der Waals surface area contributed by atoms with Crippen molar-refractivity contribution < 1.29 is 19.4 Å². The summed E-state index contributed by atoms with van der Waals surface area (Å²) in [6.07, 6.45) is -1.15. The third kappa shape index (κ3) is 1.91. The molecule has 1 aliphatic heterocycles. The Labute approximate surface area is 63.3 Å². The van der Waals surface area contributed by atoms with Crippen LogP contribution in [0.25, 0.3) is 0 Å². The Morgan fingerprint density at radius 2 is 2.45 bits per heavy atom. The lowest BCUT2D eigenvalue weighted by molar-refractivity contribution is -0.155. The van der Waals surface area contributed by atoms with Gasteiger partial charge in [0.2, 0.25) is 12.2 Å². The van der Waals surface area contributed by atoms with Gasteiger partial charge in [0.05, 0.1) is 6.42 Å². The summed E-state index contributed by atoms with van der Waals surface area (Å²) >= 11 is 0. The van der Waals surface area contributed by atoms with E-state index in [1.807, 2.05) is 0 Å². The normalized spacial score (nSPS) is 29.8. The van der Waals surface area contributed by atoms with Crippen LogP contribution in [0, 0.1) is 0 Å². The summed E-state index contributed by atoms with van der Waals surface area (Å²) in [5.41, 5.74) is 0. The number of ether oxygens (including phenoxy) is 1. The fourth-order valence-electron chi connectivity index (χ4n) is 0.929.